The van der Waals surface area contributed by atoms with Crippen LogP contribution in [-0.4, -0.2) is 0 Å². The highest BCUT2D eigenvalue weighted by molar-refractivity contribution is 5.51. The third-order valence-corrected chi connectivity index (χ3v) is 2.65. The molecule has 0 aliphatic carbocycles. The molecule has 3 N–H and O–H groups in total. The quantitative estimate of drug-likeness (QED) is 0.767. The van der Waals surface area contributed by atoms with Crippen molar-refractivity contribution < 1.29 is 0 Å². The van der Waals surface area contributed by atoms with Crippen molar-refractivity contribution in [2.45, 2.75) is 13.5 Å². The van der Waals surface area contributed by atoms with Crippen LogP contribution in [0.5, 0.6) is 0 Å². The molecule has 0 aliphatic heterocycles. The van der Waals surface area contributed by atoms with Crippen LogP contribution in [0.2, 0.25) is 0 Å². The van der Waals surface area contributed by atoms with E-state index in [1.165, 1.54) is 11.1 Å². The van der Waals surface area contributed by atoms with Crippen LogP contribution >= 0.6 is 0 Å². The number of nitrogens with one attached hydrogen (secondary N) is 1. The lowest BCUT2D eigenvalue weighted by Gasteiger charge is -2.08. The summed E-state index contributed by atoms with van der Waals surface area (Å²) in [4.78, 5) is 0. The summed E-state index contributed by atoms with van der Waals surface area (Å²) in [7, 11) is 0. The summed E-state index contributed by atoms with van der Waals surface area (Å²) < 4.78 is 0. The Morgan fingerprint density at radius 3 is 2.38 bits per heavy atom. The zero-order valence-corrected chi connectivity index (χ0v) is 9.40. The second-order valence-electron chi connectivity index (χ2n) is 3.90. The Bertz CT molecular complexity index is 460. The molecule has 0 aromatic heterocycles. The predicted molar refractivity (Wildman–Crippen MR) is 69.4 cm³/mol. The normalized spacial score (nSPS) is 10.1. The van der Waals surface area contributed by atoms with Gasteiger partial charge in [-0.3, -0.25) is 0 Å². The highest BCUT2D eigenvalue weighted by Crippen LogP contribution is 2.13. The van der Waals surface area contributed by atoms with Crippen LogP contribution in [0.3, 0.4) is 0 Å². The number of anilines is 2. The monoisotopic (exact) mass is 212 g/mol. The van der Waals surface area contributed by atoms with Crippen molar-refractivity contribution in [3.05, 3.63) is 59.7 Å². The molecule has 0 bridgehead atoms. The second kappa shape index (κ2) is 4.71. The fourth-order valence-corrected chi connectivity index (χ4v) is 1.61. The Hall–Kier alpha value is -1.96. The van der Waals surface area contributed by atoms with E-state index in [1.54, 1.807) is 0 Å². The second-order valence-corrected chi connectivity index (χ2v) is 3.90. The SMILES string of the molecule is Cc1ccccc1CNc1ccc(N)cc1. The molecule has 16 heavy (non-hydrogen) atoms. The van der Waals surface area contributed by atoms with Crippen molar-refractivity contribution in [1.82, 2.24) is 0 Å². The minimum absolute atomic E-state index is 0.793. The minimum atomic E-state index is 0.793. The zero-order chi connectivity index (χ0) is 11.4. The lowest BCUT2D eigenvalue weighted by atomic mass is 10.1. The van der Waals surface area contributed by atoms with E-state index in [-0.39, 0.29) is 0 Å². The third kappa shape index (κ3) is 2.54. The number of aryl methyl sites for hydroxylation is 1. The first-order chi connectivity index (χ1) is 7.75. The van der Waals surface area contributed by atoms with Gasteiger partial charge in [0.15, 0.2) is 0 Å². The first-order valence-electron chi connectivity index (χ1n) is 5.39. The number of benzene rings is 2. The first-order valence-corrected chi connectivity index (χ1v) is 5.39. The Balaban J connectivity index is 2.02. The van der Waals surface area contributed by atoms with E-state index < -0.39 is 0 Å². The van der Waals surface area contributed by atoms with Gasteiger partial charge in [0.2, 0.25) is 0 Å². The predicted octanol–water partition coefficient (Wildman–Crippen LogP) is 3.19. The van der Waals surface area contributed by atoms with Gasteiger partial charge in [0.1, 0.15) is 0 Å². The van der Waals surface area contributed by atoms with Crippen molar-refractivity contribution >= 4 is 11.4 Å². The number of hydrogen-bond donors (Lipinski definition) is 2. The smallest absolute Gasteiger partial charge is 0.0403 e. The van der Waals surface area contributed by atoms with Crippen molar-refractivity contribution in [2.75, 3.05) is 11.1 Å². The Labute approximate surface area is 96.1 Å². The molecule has 2 aromatic rings. The van der Waals surface area contributed by atoms with Gasteiger partial charge >= 0.3 is 0 Å². The molecule has 0 saturated heterocycles. The molecule has 0 spiro atoms. The molecule has 0 unspecified atom stereocenters. The van der Waals surface area contributed by atoms with Crippen molar-refractivity contribution in [3.8, 4) is 0 Å². The molecular weight excluding hydrogens is 196 g/mol. The summed E-state index contributed by atoms with van der Waals surface area (Å²) in [6.45, 7) is 2.97. The number of nitrogen functional groups attached to an aromatic ring is 1. The molecule has 0 saturated carbocycles. The van der Waals surface area contributed by atoms with Gasteiger partial charge in [0, 0.05) is 17.9 Å². The van der Waals surface area contributed by atoms with Crippen LogP contribution in [0.4, 0.5) is 11.4 Å². The summed E-state index contributed by atoms with van der Waals surface area (Å²) in [6, 6.07) is 16.2. The summed E-state index contributed by atoms with van der Waals surface area (Å²) in [6.07, 6.45) is 0. The van der Waals surface area contributed by atoms with Gasteiger partial charge in [0.25, 0.3) is 0 Å². The topological polar surface area (TPSA) is 38.0 Å². The average Bonchev–Trinajstić information content (AvgIpc) is 2.30. The molecule has 82 valence electrons. The molecule has 0 amide bonds. The molecule has 2 rings (SSSR count). The molecule has 0 heterocycles. The lowest BCUT2D eigenvalue weighted by Crippen LogP contribution is -2.01. The van der Waals surface area contributed by atoms with Gasteiger partial charge < -0.3 is 11.1 Å². The summed E-state index contributed by atoms with van der Waals surface area (Å²) in [5.74, 6) is 0. The van der Waals surface area contributed by atoms with Gasteiger partial charge in [-0.25, -0.2) is 0 Å². The maximum atomic E-state index is 5.63. The van der Waals surface area contributed by atoms with E-state index in [9.17, 15) is 0 Å². The van der Waals surface area contributed by atoms with Crippen LogP contribution in [0.15, 0.2) is 48.5 Å². The number of hydrogen-bond acceptors (Lipinski definition) is 2. The van der Waals surface area contributed by atoms with Crippen molar-refractivity contribution in [1.29, 1.82) is 0 Å². The Morgan fingerprint density at radius 2 is 1.69 bits per heavy atom. The van der Waals surface area contributed by atoms with Gasteiger partial charge in [-0.1, -0.05) is 24.3 Å². The highest BCUT2D eigenvalue weighted by Gasteiger charge is 1.96. The summed E-state index contributed by atoms with van der Waals surface area (Å²) in [5, 5.41) is 3.37. The molecule has 0 aliphatic rings. The van der Waals surface area contributed by atoms with E-state index in [0.717, 1.165) is 17.9 Å². The molecule has 2 heteroatoms. The Kier molecular flexibility index (Phi) is 3.10. The van der Waals surface area contributed by atoms with Crippen LogP contribution < -0.4 is 11.1 Å². The summed E-state index contributed by atoms with van der Waals surface area (Å²) in [5.41, 5.74) is 10.1. The lowest BCUT2D eigenvalue weighted by molar-refractivity contribution is 1.12. The maximum absolute atomic E-state index is 5.63. The van der Waals surface area contributed by atoms with Crippen LogP contribution in [0, 0.1) is 6.92 Å². The van der Waals surface area contributed by atoms with Crippen molar-refractivity contribution in [2.24, 2.45) is 0 Å². The van der Waals surface area contributed by atoms with Crippen LogP contribution in [0.25, 0.3) is 0 Å². The Morgan fingerprint density at radius 1 is 1.00 bits per heavy atom. The van der Waals surface area contributed by atoms with Gasteiger partial charge in [-0.2, -0.15) is 0 Å². The fraction of sp³-hybridized carbons (Fsp3) is 0.143. The molecule has 0 radical (unpaired) electrons. The van der Waals surface area contributed by atoms with E-state index in [4.69, 9.17) is 5.73 Å². The molecule has 2 aromatic carbocycles. The number of nitrogens with two attached hydrogens (primary N) is 1. The summed E-state index contributed by atoms with van der Waals surface area (Å²) >= 11 is 0. The third-order valence-electron chi connectivity index (χ3n) is 2.65. The molecule has 0 atom stereocenters. The van der Waals surface area contributed by atoms with Crippen LogP contribution in [0.1, 0.15) is 11.1 Å². The largest absolute Gasteiger partial charge is 0.399 e. The van der Waals surface area contributed by atoms with Crippen molar-refractivity contribution in [3.63, 3.8) is 0 Å². The van der Waals surface area contributed by atoms with Gasteiger partial charge in [0.05, 0.1) is 0 Å². The average molecular weight is 212 g/mol. The zero-order valence-electron chi connectivity index (χ0n) is 9.40. The molecule has 2 nitrogen and oxygen atoms in total. The maximum Gasteiger partial charge on any atom is 0.0403 e. The standard InChI is InChI=1S/C14H16N2/c1-11-4-2-3-5-12(11)10-16-14-8-6-13(15)7-9-14/h2-9,16H,10,15H2,1H3. The van der Waals surface area contributed by atoms with E-state index in [0.29, 0.717) is 0 Å². The highest BCUT2D eigenvalue weighted by atomic mass is 14.9. The number of rotatable bonds is 3. The van der Waals surface area contributed by atoms with Crippen LogP contribution in [-0.2, 0) is 6.54 Å². The van der Waals surface area contributed by atoms with E-state index >= 15 is 0 Å². The molecule has 0 fully saturated rings. The molecular formula is C14H16N2. The van der Waals surface area contributed by atoms with Gasteiger partial charge in [-0.05, 0) is 42.3 Å². The fourth-order valence-electron chi connectivity index (χ4n) is 1.61. The van der Waals surface area contributed by atoms with Gasteiger partial charge in [-0.15, -0.1) is 0 Å². The van der Waals surface area contributed by atoms with E-state index in [2.05, 4.69) is 36.5 Å². The first kappa shape index (κ1) is 10.6. The van der Waals surface area contributed by atoms with E-state index in [1.807, 2.05) is 24.3 Å². The minimum Gasteiger partial charge on any atom is -0.399 e.